The third kappa shape index (κ3) is 3.16. The molecule has 1 N–H and O–H groups in total. The average Bonchev–Trinajstić information content (AvgIpc) is 2.83. The number of thiazole rings is 1. The van der Waals surface area contributed by atoms with Crippen LogP contribution in [0.5, 0.6) is 0 Å². The van der Waals surface area contributed by atoms with E-state index in [-0.39, 0.29) is 16.7 Å². The number of nitrogens with one attached hydrogen (secondary N) is 1. The predicted molar refractivity (Wildman–Crippen MR) is 82.4 cm³/mol. The second-order valence-electron chi connectivity index (χ2n) is 4.12. The number of hydrogen-bond acceptors (Lipinski definition) is 6. The van der Waals surface area contributed by atoms with Crippen molar-refractivity contribution in [2.45, 2.75) is 19.9 Å². The molecular weight excluding hydrogens is 282 g/mol. The van der Waals surface area contributed by atoms with E-state index in [9.17, 15) is 10.1 Å². The molecule has 0 fully saturated rings. The molecule has 0 aliphatic rings. The quantitative estimate of drug-likeness (QED) is 0.649. The summed E-state index contributed by atoms with van der Waals surface area (Å²) in [4.78, 5) is 15.0. The average molecular weight is 297 g/mol. The second-order valence-corrected chi connectivity index (χ2v) is 6.33. The highest BCUT2D eigenvalue weighted by Crippen LogP contribution is 2.34. The van der Waals surface area contributed by atoms with Crippen molar-refractivity contribution in [1.29, 1.82) is 0 Å². The summed E-state index contributed by atoms with van der Waals surface area (Å²) >= 11 is 3.22. The van der Waals surface area contributed by atoms with Crippen LogP contribution < -0.4 is 5.32 Å². The number of nitrogens with zero attached hydrogens (tertiary/aromatic N) is 2. The summed E-state index contributed by atoms with van der Waals surface area (Å²) in [6, 6.07) is 3.83. The van der Waals surface area contributed by atoms with Crippen LogP contribution in [0.25, 0.3) is 10.2 Å². The molecule has 1 heterocycles. The van der Waals surface area contributed by atoms with Gasteiger partial charge in [-0.25, -0.2) is 4.98 Å². The van der Waals surface area contributed by atoms with Gasteiger partial charge in [-0.3, -0.25) is 10.1 Å². The van der Waals surface area contributed by atoms with E-state index >= 15 is 0 Å². The van der Waals surface area contributed by atoms with E-state index in [1.807, 2.05) is 24.8 Å². The van der Waals surface area contributed by atoms with Crippen LogP contribution >= 0.6 is 23.1 Å². The predicted octanol–water partition coefficient (Wildman–Crippen LogP) is 3.76. The van der Waals surface area contributed by atoms with Crippen LogP contribution in [0.4, 0.5) is 11.4 Å². The van der Waals surface area contributed by atoms with E-state index in [1.54, 1.807) is 11.6 Å². The van der Waals surface area contributed by atoms with Gasteiger partial charge in [0.25, 0.3) is 0 Å². The van der Waals surface area contributed by atoms with E-state index in [0.29, 0.717) is 11.2 Å². The molecule has 0 spiro atoms. The zero-order valence-electron chi connectivity index (χ0n) is 10.8. The molecule has 2 rings (SSSR count). The topological polar surface area (TPSA) is 68.1 Å². The molecule has 5 nitrogen and oxygen atoms in total. The van der Waals surface area contributed by atoms with Gasteiger partial charge in [-0.1, -0.05) is 6.92 Å². The Morgan fingerprint density at radius 1 is 1.58 bits per heavy atom. The minimum absolute atomic E-state index is 0.0760. The first-order chi connectivity index (χ1) is 9.13. The summed E-state index contributed by atoms with van der Waals surface area (Å²) < 4.78 is 0.841. The molecule has 1 unspecified atom stereocenters. The highest BCUT2D eigenvalue weighted by molar-refractivity contribution is 7.99. The zero-order valence-corrected chi connectivity index (χ0v) is 12.4. The third-order valence-electron chi connectivity index (χ3n) is 2.63. The summed E-state index contributed by atoms with van der Waals surface area (Å²) in [5, 5.41) is 14.5. The number of nitro groups is 1. The minimum atomic E-state index is -0.357. The number of aromatic nitrogens is 1. The van der Waals surface area contributed by atoms with E-state index in [0.717, 1.165) is 16.2 Å². The maximum absolute atomic E-state index is 11.3. The molecule has 0 saturated heterocycles. The van der Waals surface area contributed by atoms with Gasteiger partial charge in [0.2, 0.25) is 0 Å². The summed E-state index contributed by atoms with van der Waals surface area (Å²) in [5.74, 6) is 1.96. The van der Waals surface area contributed by atoms with Gasteiger partial charge >= 0.3 is 5.69 Å². The molecule has 19 heavy (non-hydrogen) atoms. The summed E-state index contributed by atoms with van der Waals surface area (Å²) in [6.07, 6.45) is 0. The van der Waals surface area contributed by atoms with Gasteiger partial charge in [-0.15, -0.1) is 11.3 Å². The van der Waals surface area contributed by atoms with Crippen LogP contribution in [0.2, 0.25) is 0 Å². The first-order valence-corrected chi connectivity index (χ1v) is 8.01. The Kier molecular flexibility index (Phi) is 4.60. The molecule has 0 radical (unpaired) electrons. The van der Waals surface area contributed by atoms with E-state index in [1.165, 1.54) is 11.3 Å². The smallest absolute Gasteiger partial charge is 0.319 e. The molecule has 102 valence electrons. The highest BCUT2D eigenvalue weighted by atomic mass is 32.2. The van der Waals surface area contributed by atoms with E-state index in [4.69, 9.17) is 0 Å². The van der Waals surface area contributed by atoms with Gasteiger partial charge in [-0.2, -0.15) is 11.8 Å². The zero-order chi connectivity index (χ0) is 13.8. The van der Waals surface area contributed by atoms with Crippen LogP contribution in [0.15, 0.2) is 17.6 Å². The molecule has 7 heteroatoms. The lowest BCUT2D eigenvalue weighted by atomic mass is 10.2. The number of benzene rings is 1. The lowest BCUT2D eigenvalue weighted by Gasteiger charge is -2.14. The molecule has 0 aliphatic heterocycles. The Morgan fingerprint density at radius 2 is 2.37 bits per heavy atom. The van der Waals surface area contributed by atoms with Gasteiger partial charge in [-0.05, 0) is 24.8 Å². The lowest BCUT2D eigenvalue weighted by molar-refractivity contribution is -0.382. The van der Waals surface area contributed by atoms with Gasteiger partial charge in [0, 0.05) is 11.8 Å². The van der Waals surface area contributed by atoms with Gasteiger partial charge in [0.15, 0.2) is 5.52 Å². The molecule has 0 bridgehead atoms. The van der Waals surface area contributed by atoms with Crippen LogP contribution in [0, 0.1) is 10.1 Å². The largest absolute Gasteiger partial charge is 0.376 e. The van der Waals surface area contributed by atoms with Crippen LogP contribution in [-0.2, 0) is 0 Å². The van der Waals surface area contributed by atoms with Crippen molar-refractivity contribution in [1.82, 2.24) is 4.98 Å². The van der Waals surface area contributed by atoms with Crippen molar-refractivity contribution in [3.05, 3.63) is 27.8 Å². The first kappa shape index (κ1) is 14.1. The number of fused-ring (bicyclic) bond motifs is 1. The Labute approximate surface area is 119 Å². The third-order valence-corrected chi connectivity index (χ3v) is 4.57. The molecule has 1 atom stereocenters. The molecular formula is C12H15N3O2S2. The van der Waals surface area contributed by atoms with E-state index in [2.05, 4.69) is 17.2 Å². The number of anilines is 1. The normalized spacial score (nSPS) is 12.5. The number of hydrogen-bond donors (Lipinski definition) is 1. The first-order valence-electron chi connectivity index (χ1n) is 5.98. The molecule has 0 aliphatic carbocycles. The summed E-state index contributed by atoms with van der Waals surface area (Å²) in [5.41, 5.74) is 2.73. The summed E-state index contributed by atoms with van der Waals surface area (Å²) in [7, 11) is 0. The SMILES string of the molecule is CCSCC(C)Nc1ccc2scnc2c1[N+](=O)[O-]. The standard InChI is InChI=1S/C12H15N3O2S2/c1-3-18-6-8(2)14-9-4-5-10-11(13-7-19-10)12(9)15(16)17/h4-5,7-8,14H,3,6H2,1-2H3. The van der Waals surface area contributed by atoms with Gasteiger partial charge in [0.1, 0.15) is 5.69 Å². The van der Waals surface area contributed by atoms with Crippen molar-refractivity contribution in [3.8, 4) is 0 Å². The fraction of sp³-hybridized carbons (Fsp3) is 0.417. The lowest BCUT2D eigenvalue weighted by Crippen LogP contribution is -2.18. The monoisotopic (exact) mass is 297 g/mol. The van der Waals surface area contributed by atoms with Crippen LogP contribution in [0.1, 0.15) is 13.8 Å². The fourth-order valence-corrected chi connectivity index (χ4v) is 3.17. The molecule has 2 aromatic rings. The Bertz CT molecular complexity index is 585. The maximum Gasteiger partial charge on any atom is 0.319 e. The Hall–Kier alpha value is -1.34. The van der Waals surface area contributed by atoms with Crippen molar-refractivity contribution in [2.24, 2.45) is 0 Å². The molecule has 0 saturated carbocycles. The van der Waals surface area contributed by atoms with Gasteiger partial charge in [0.05, 0.1) is 15.1 Å². The summed E-state index contributed by atoms with van der Waals surface area (Å²) in [6.45, 7) is 4.12. The van der Waals surface area contributed by atoms with Crippen molar-refractivity contribution < 1.29 is 4.92 Å². The number of thioether (sulfide) groups is 1. The van der Waals surface area contributed by atoms with Crippen LogP contribution in [0.3, 0.4) is 0 Å². The Balaban J connectivity index is 2.31. The van der Waals surface area contributed by atoms with Crippen molar-refractivity contribution >= 4 is 44.7 Å². The van der Waals surface area contributed by atoms with Gasteiger partial charge < -0.3 is 5.32 Å². The number of nitro benzene ring substituents is 1. The molecule has 1 aromatic carbocycles. The van der Waals surface area contributed by atoms with Crippen molar-refractivity contribution in [2.75, 3.05) is 16.8 Å². The maximum atomic E-state index is 11.3. The number of rotatable bonds is 6. The fourth-order valence-electron chi connectivity index (χ4n) is 1.82. The Morgan fingerprint density at radius 3 is 3.05 bits per heavy atom. The second kappa shape index (κ2) is 6.21. The molecule has 0 amide bonds. The highest BCUT2D eigenvalue weighted by Gasteiger charge is 2.21. The van der Waals surface area contributed by atoms with Crippen molar-refractivity contribution in [3.63, 3.8) is 0 Å². The van der Waals surface area contributed by atoms with E-state index < -0.39 is 0 Å². The minimum Gasteiger partial charge on any atom is -0.376 e. The molecule has 1 aromatic heterocycles. The van der Waals surface area contributed by atoms with Crippen LogP contribution in [-0.4, -0.2) is 27.5 Å².